The van der Waals surface area contributed by atoms with Gasteiger partial charge in [-0.1, -0.05) is 50.2 Å². The molecule has 0 spiro atoms. The molecule has 0 radical (unpaired) electrons. The first kappa shape index (κ1) is 8.06. The molecule has 0 N–H and O–H groups in total. The predicted molar refractivity (Wildman–Crippen MR) is 49.9 cm³/mol. The van der Waals surface area contributed by atoms with E-state index in [-0.39, 0.29) is 0 Å². The molecule has 58 valence electrons. The van der Waals surface area contributed by atoms with Crippen molar-refractivity contribution in [2.24, 2.45) is 0 Å². The van der Waals surface area contributed by atoms with Crippen LogP contribution in [-0.4, -0.2) is 8.07 Å². The Morgan fingerprint density at radius 1 is 1.30 bits per heavy atom. The minimum atomic E-state index is -0.788. The van der Waals surface area contributed by atoms with Gasteiger partial charge in [0.15, 0.2) is 0 Å². The van der Waals surface area contributed by atoms with Gasteiger partial charge >= 0.3 is 0 Å². The number of hydrogen-bond acceptors (Lipinski definition) is 0. The lowest BCUT2D eigenvalue weighted by Crippen LogP contribution is -2.21. The van der Waals surface area contributed by atoms with E-state index in [4.69, 9.17) is 0 Å². The van der Waals surface area contributed by atoms with Crippen LogP contribution in [0.1, 0.15) is 26.2 Å². The summed E-state index contributed by atoms with van der Waals surface area (Å²) in [6.45, 7) is 4.75. The molecule has 0 nitrogen and oxygen atoms in total. The number of allylic oxidation sites excluding steroid dienone is 1. The third kappa shape index (κ3) is 1.98. The average Bonchev–Trinajstić information content (AvgIpc) is 2.33. The van der Waals surface area contributed by atoms with Crippen molar-refractivity contribution in [2.45, 2.75) is 44.8 Å². The molecular weight excluding hydrogens is 136 g/mol. The molecule has 10 heavy (non-hydrogen) atoms. The average molecular weight is 154 g/mol. The number of rotatable bonds is 2. The van der Waals surface area contributed by atoms with Crippen LogP contribution in [0, 0.1) is 0 Å². The summed E-state index contributed by atoms with van der Waals surface area (Å²) >= 11 is 0. The van der Waals surface area contributed by atoms with Crippen molar-refractivity contribution >= 4 is 8.07 Å². The van der Waals surface area contributed by atoms with E-state index in [0.29, 0.717) is 0 Å². The summed E-state index contributed by atoms with van der Waals surface area (Å²) in [6, 6.07) is 3.09. The van der Waals surface area contributed by atoms with Gasteiger partial charge in [0.2, 0.25) is 0 Å². The lowest BCUT2D eigenvalue weighted by molar-refractivity contribution is 0.935. The molecule has 0 atom stereocenters. The van der Waals surface area contributed by atoms with Crippen molar-refractivity contribution in [1.82, 2.24) is 0 Å². The molecule has 1 heterocycles. The molecule has 0 amide bonds. The second-order valence-corrected chi connectivity index (χ2v) is 8.31. The van der Waals surface area contributed by atoms with Crippen LogP contribution in [0.15, 0.2) is 11.8 Å². The summed E-state index contributed by atoms with van der Waals surface area (Å²) in [6.07, 6.45) is 6.59. The Hall–Kier alpha value is -0.0431. The molecule has 0 aliphatic carbocycles. The minimum Gasteiger partial charge on any atom is -0.0984 e. The molecule has 0 saturated carbocycles. The first-order valence-electron chi connectivity index (χ1n) is 4.44. The normalized spacial score (nSPS) is 24.2. The van der Waals surface area contributed by atoms with Gasteiger partial charge in [-0.15, -0.1) is 0 Å². The van der Waals surface area contributed by atoms with Gasteiger partial charge in [0.05, 0.1) is 8.07 Å². The minimum absolute atomic E-state index is 0.788. The zero-order chi connectivity index (χ0) is 7.45. The van der Waals surface area contributed by atoms with Gasteiger partial charge < -0.3 is 0 Å². The summed E-state index contributed by atoms with van der Waals surface area (Å²) in [5.74, 6) is 0. The topological polar surface area (TPSA) is 0 Å². The molecule has 0 aromatic rings. The highest BCUT2D eigenvalue weighted by Gasteiger charge is 2.27. The maximum atomic E-state index is 2.56. The van der Waals surface area contributed by atoms with Gasteiger partial charge in [0.1, 0.15) is 0 Å². The van der Waals surface area contributed by atoms with Crippen LogP contribution in [-0.2, 0) is 0 Å². The maximum absolute atomic E-state index is 2.56. The molecule has 0 aromatic heterocycles. The van der Waals surface area contributed by atoms with E-state index in [2.05, 4.69) is 25.2 Å². The molecule has 1 heteroatoms. The fourth-order valence-corrected chi connectivity index (χ4v) is 5.26. The predicted octanol–water partition coefficient (Wildman–Crippen LogP) is 3.36. The largest absolute Gasteiger partial charge is 0.0984 e. The summed E-state index contributed by atoms with van der Waals surface area (Å²) in [7, 11) is -0.788. The van der Waals surface area contributed by atoms with Crippen LogP contribution in [0.3, 0.4) is 0 Å². The van der Waals surface area contributed by atoms with Gasteiger partial charge in [-0.3, -0.25) is 0 Å². The van der Waals surface area contributed by atoms with Crippen LogP contribution in [0.2, 0.25) is 18.6 Å². The van der Waals surface area contributed by atoms with E-state index in [1.165, 1.54) is 19.3 Å². The zero-order valence-corrected chi connectivity index (χ0v) is 8.19. The summed E-state index contributed by atoms with van der Waals surface area (Å²) in [4.78, 5) is 0. The van der Waals surface area contributed by atoms with Crippen LogP contribution >= 0.6 is 0 Å². The summed E-state index contributed by atoms with van der Waals surface area (Å²) < 4.78 is 0. The van der Waals surface area contributed by atoms with E-state index in [1.807, 2.05) is 0 Å². The van der Waals surface area contributed by atoms with Crippen molar-refractivity contribution in [3.05, 3.63) is 11.8 Å². The second-order valence-electron chi connectivity index (χ2n) is 3.67. The quantitative estimate of drug-likeness (QED) is 0.535. The molecule has 1 rings (SSSR count). The standard InChI is InChI=1S/C9H18Si/c1-3-4-7-10(2)8-5-6-9-10/h4,7H,3,5-6,8-9H2,1-2H3. The highest BCUT2D eigenvalue weighted by Crippen LogP contribution is 2.30. The third-order valence-electron chi connectivity index (χ3n) is 2.50. The van der Waals surface area contributed by atoms with Crippen molar-refractivity contribution in [3.8, 4) is 0 Å². The Morgan fingerprint density at radius 2 is 1.90 bits per heavy atom. The first-order chi connectivity index (χ1) is 4.77. The molecule has 1 fully saturated rings. The van der Waals surface area contributed by atoms with Crippen LogP contribution < -0.4 is 0 Å². The highest BCUT2D eigenvalue weighted by atomic mass is 28.3. The lowest BCUT2D eigenvalue weighted by atomic mass is 10.4. The van der Waals surface area contributed by atoms with Gasteiger partial charge in [0, 0.05) is 0 Å². The summed E-state index contributed by atoms with van der Waals surface area (Å²) in [5, 5.41) is 0. The third-order valence-corrected chi connectivity index (χ3v) is 6.53. The first-order valence-corrected chi connectivity index (χ1v) is 7.44. The molecule has 1 aliphatic rings. The Labute approximate surface area is 65.3 Å². The lowest BCUT2D eigenvalue weighted by Gasteiger charge is -2.14. The van der Waals surface area contributed by atoms with Gasteiger partial charge in [-0.2, -0.15) is 0 Å². The Morgan fingerprint density at radius 3 is 2.40 bits per heavy atom. The zero-order valence-electron chi connectivity index (χ0n) is 7.19. The van der Waals surface area contributed by atoms with E-state index in [9.17, 15) is 0 Å². The Balaban J connectivity index is 2.43. The van der Waals surface area contributed by atoms with E-state index < -0.39 is 8.07 Å². The van der Waals surface area contributed by atoms with Crippen molar-refractivity contribution < 1.29 is 0 Å². The SMILES string of the molecule is CCC=C[Si]1(C)CCCC1. The smallest absolute Gasteiger partial charge is 0.0743 e. The fraction of sp³-hybridized carbons (Fsp3) is 0.778. The van der Waals surface area contributed by atoms with Crippen LogP contribution in [0.5, 0.6) is 0 Å². The van der Waals surface area contributed by atoms with E-state index >= 15 is 0 Å². The van der Waals surface area contributed by atoms with Crippen molar-refractivity contribution in [1.29, 1.82) is 0 Å². The Kier molecular flexibility index (Phi) is 2.72. The summed E-state index contributed by atoms with van der Waals surface area (Å²) in [5.41, 5.74) is 2.56. The maximum Gasteiger partial charge on any atom is 0.0743 e. The van der Waals surface area contributed by atoms with Crippen molar-refractivity contribution in [2.75, 3.05) is 0 Å². The van der Waals surface area contributed by atoms with Gasteiger partial charge in [-0.25, -0.2) is 0 Å². The van der Waals surface area contributed by atoms with Crippen molar-refractivity contribution in [3.63, 3.8) is 0 Å². The molecule has 1 saturated heterocycles. The number of hydrogen-bond donors (Lipinski definition) is 0. The molecule has 0 aromatic carbocycles. The molecule has 0 unspecified atom stereocenters. The fourth-order valence-electron chi connectivity index (χ4n) is 1.75. The monoisotopic (exact) mass is 154 g/mol. The molecule has 0 bridgehead atoms. The van der Waals surface area contributed by atoms with Crippen LogP contribution in [0.4, 0.5) is 0 Å². The Bertz CT molecular complexity index is 121. The van der Waals surface area contributed by atoms with E-state index in [1.54, 1.807) is 12.1 Å². The van der Waals surface area contributed by atoms with E-state index in [0.717, 1.165) is 0 Å². The second kappa shape index (κ2) is 3.38. The van der Waals surface area contributed by atoms with Gasteiger partial charge in [-0.05, 0) is 6.42 Å². The van der Waals surface area contributed by atoms with Gasteiger partial charge in [0.25, 0.3) is 0 Å². The van der Waals surface area contributed by atoms with Crippen LogP contribution in [0.25, 0.3) is 0 Å². The molecule has 1 aliphatic heterocycles. The highest BCUT2D eigenvalue weighted by molar-refractivity contribution is 6.83. The molecular formula is C9H18Si.